The van der Waals surface area contributed by atoms with E-state index >= 15 is 0 Å². The lowest BCUT2D eigenvalue weighted by Crippen LogP contribution is -2.38. The number of rotatable bonds is 7. The third kappa shape index (κ3) is 5.51. The molecule has 180 valence electrons. The van der Waals surface area contributed by atoms with E-state index < -0.39 is 0 Å². The van der Waals surface area contributed by atoms with E-state index in [1.807, 2.05) is 36.4 Å². The number of amides is 1. The van der Waals surface area contributed by atoms with Gasteiger partial charge in [0.05, 0.1) is 45.5 Å². The fourth-order valence-electron chi connectivity index (χ4n) is 3.78. The number of ether oxygens (including phenoxy) is 2. The zero-order valence-electron chi connectivity index (χ0n) is 18.9. The number of carbonyl (C=O) groups is 1. The zero-order valence-corrected chi connectivity index (χ0v) is 20.5. The molecule has 0 bridgehead atoms. The first-order valence-electron chi connectivity index (χ1n) is 11.2. The topological polar surface area (TPSA) is 96.6 Å². The van der Waals surface area contributed by atoms with Gasteiger partial charge in [0.2, 0.25) is 0 Å². The van der Waals surface area contributed by atoms with Gasteiger partial charge in [0, 0.05) is 19.6 Å². The number of hydrogen-bond acceptors (Lipinski definition) is 8. The minimum atomic E-state index is -0.339. The summed E-state index contributed by atoms with van der Waals surface area (Å²) in [6.07, 6.45) is 3.25. The third-order valence-electron chi connectivity index (χ3n) is 5.64. The van der Waals surface area contributed by atoms with Crippen LogP contribution in [0.25, 0.3) is 33.1 Å². The number of benzene rings is 2. The van der Waals surface area contributed by atoms with E-state index in [1.54, 1.807) is 6.08 Å². The lowest BCUT2D eigenvalue weighted by atomic mass is 10.1. The number of anilines is 1. The molecule has 1 aliphatic rings. The SMILES string of the molecule is C=c1cccc/c1=C/C(=C/OCCN1CCOCC1)C(=O)Nc1nc2ccc3sc(=O)[nH]c3c2s1. The smallest absolute Gasteiger partial charge is 0.305 e. The first kappa shape index (κ1) is 23.4. The van der Waals surface area contributed by atoms with Gasteiger partial charge in [0.15, 0.2) is 5.13 Å². The van der Waals surface area contributed by atoms with E-state index in [2.05, 4.69) is 26.8 Å². The molecule has 1 aliphatic heterocycles. The molecule has 0 aliphatic carbocycles. The van der Waals surface area contributed by atoms with E-state index in [9.17, 15) is 9.59 Å². The highest BCUT2D eigenvalue weighted by molar-refractivity contribution is 7.24. The molecule has 8 nitrogen and oxygen atoms in total. The summed E-state index contributed by atoms with van der Waals surface area (Å²) in [5.74, 6) is -0.339. The van der Waals surface area contributed by atoms with Gasteiger partial charge in [-0.05, 0) is 28.6 Å². The first-order valence-corrected chi connectivity index (χ1v) is 12.8. The van der Waals surface area contributed by atoms with Gasteiger partial charge in [-0.3, -0.25) is 19.8 Å². The fraction of sp³-hybridized carbons (Fsp3) is 0.240. The Kier molecular flexibility index (Phi) is 7.05. The Morgan fingerprint density at radius 3 is 2.89 bits per heavy atom. The van der Waals surface area contributed by atoms with E-state index in [1.165, 1.54) is 17.6 Å². The van der Waals surface area contributed by atoms with Crippen molar-refractivity contribution in [3.8, 4) is 0 Å². The van der Waals surface area contributed by atoms with Crippen LogP contribution in [0.2, 0.25) is 0 Å². The van der Waals surface area contributed by atoms with Crippen LogP contribution in [0.5, 0.6) is 0 Å². The summed E-state index contributed by atoms with van der Waals surface area (Å²) < 4.78 is 12.8. The molecule has 10 heteroatoms. The summed E-state index contributed by atoms with van der Waals surface area (Å²) in [6.45, 7) is 8.47. The molecule has 0 saturated carbocycles. The summed E-state index contributed by atoms with van der Waals surface area (Å²) in [6, 6.07) is 11.3. The van der Waals surface area contributed by atoms with Crippen molar-refractivity contribution >= 4 is 66.8 Å². The summed E-state index contributed by atoms with van der Waals surface area (Å²) in [4.78, 5) is 34.5. The number of aromatic nitrogens is 2. The Labute approximate surface area is 208 Å². The van der Waals surface area contributed by atoms with Crippen LogP contribution in [0.3, 0.4) is 0 Å². The average Bonchev–Trinajstić information content (AvgIpc) is 3.44. The molecule has 0 radical (unpaired) electrons. The number of nitrogens with zero attached hydrogens (tertiary/aromatic N) is 2. The van der Waals surface area contributed by atoms with Crippen molar-refractivity contribution in [3.05, 3.63) is 68.3 Å². The number of nitrogens with one attached hydrogen (secondary N) is 2. The second-order valence-corrected chi connectivity index (χ2v) is 10.0. The van der Waals surface area contributed by atoms with Crippen molar-refractivity contribution in [2.24, 2.45) is 0 Å². The maximum atomic E-state index is 13.2. The van der Waals surface area contributed by atoms with E-state index in [4.69, 9.17) is 9.47 Å². The van der Waals surface area contributed by atoms with Crippen molar-refractivity contribution in [1.29, 1.82) is 0 Å². The average molecular weight is 509 g/mol. The molecular formula is C25H24N4O4S2. The Morgan fingerprint density at radius 2 is 2.06 bits per heavy atom. The van der Waals surface area contributed by atoms with Crippen molar-refractivity contribution in [3.63, 3.8) is 0 Å². The molecule has 2 aromatic heterocycles. The number of hydrogen-bond donors (Lipinski definition) is 2. The molecule has 1 fully saturated rings. The van der Waals surface area contributed by atoms with Gasteiger partial charge in [-0.15, -0.1) is 0 Å². The molecule has 0 atom stereocenters. The molecule has 5 rings (SSSR count). The highest BCUT2D eigenvalue weighted by Crippen LogP contribution is 2.32. The van der Waals surface area contributed by atoms with Crippen LogP contribution >= 0.6 is 22.7 Å². The second-order valence-electron chi connectivity index (χ2n) is 8.02. The maximum Gasteiger partial charge on any atom is 0.305 e. The van der Waals surface area contributed by atoms with Crippen LogP contribution in [-0.2, 0) is 14.3 Å². The van der Waals surface area contributed by atoms with Crippen molar-refractivity contribution in [2.75, 3.05) is 44.8 Å². The molecule has 2 aromatic carbocycles. The van der Waals surface area contributed by atoms with Gasteiger partial charge < -0.3 is 14.5 Å². The Bertz CT molecular complexity index is 1560. The van der Waals surface area contributed by atoms with Crippen LogP contribution in [-0.4, -0.2) is 60.2 Å². The Morgan fingerprint density at radius 1 is 1.23 bits per heavy atom. The molecule has 0 unspecified atom stereocenters. The number of carbonyl (C=O) groups excluding carboxylic acids is 1. The minimum Gasteiger partial charge on any atom is -0.499 e. The minimum absolute atomic E-state index is 0.118. The number of aromatic amines is 1. The predicted molar refractivity (Wildman–Crippen MR) is 141 cm³/mol. The highest BCUT2D eigenvalue weighted by atomic mass is 32.1. The zero-order chi connectivity index (χ0) is 24.2. The number of fused-ring (bicyclic) bond motifs is 3. The molecule has 3 heterocycles. The van der Waals surface area contributed by atoms with Gasteiger partial charge in [-0.25, -0.2) is 4.98 Å². The van der Waals surface area contributed by atoms with Crippen LogP contribution < -0.4 is 20.6 Å². The normalized spacial score (nSPS) is 15.7. The van der Waals surface area contributed by atoms with Crippen molar-refractivity contribution in [1.82, 2.24) is 14.9 Å². The summed E-state index contributed by atoms with van der Waals surface area (Å²) in [7, 11) is 0. The molecule has 1 saturated heterocycles. The van der Waals surface area contributed by atoms with E-state index in [-0.39, 0.29) is 10.8 Å². The number of morpholine rings is 1. The Hall–Kier alpha value is -3.31. The summed E-state index contributed by atoms with van der Waals surface area (Å²) >= 11 is 2.48. The van der Waals surface area contributed by atoms with Gasteiger partial charge >= 0.3 is 4.87 Å². The van der Waals surface area contributed by atoms with Crippen LogP contribution in [0.1, 0.15) is 0 Å². The lowest BCUT2D eigenvalue weighted by Gasteiger charge is -2.26. The van der Waals surface area contributed by atoms with Crippen LogP contribution in [0.15, 0.2) is 53.0 Å². The highest BCUT2D eigenvalue weighted by Gasteiger charge is 2.15. The van der Waals surface area contributed by atoms with Crippen molar-refractivity contribution < 1.29 is 14.3 Å². The first-order chi connectivity index (χ1) is 17.1. The van der Waals surface area contributed by atoms with Crippen molar-refractivity contribution in [2.45, 2.75) is 0 Å². The Balaban J connectivity index is 1.38. The quantitative estimate of drug-likeness (QED) is 0.226. The van der Waals surface area contributed by atoms with E-state index in [0.29, 0.717) is 22.8 Å². The van der Waals surface area contributed by atoms with Gasteiger partial charge in [0.1, 0.15) is 6.61 Å². The lowest BCUT2D eigenvalue weighted by molar-refractivity contribution is -0.112. The molecule has 1 amide bonds. The van der Waals surface area contributed by atoms with E-state index in [0.717, 1.165) is 69.5 Å². The predicted octanol–water partition coefficient (Wildman–Crippen LogP) is 2.26. The number of H-pyrrole nitrogens is 1. The maximum absolute atomic E-state index is 13.2. The third-order valence-corrected chi connectivity index (χ3v) is 7.49. The molecule has 35 heavy (non-hydrogen) atoms. The second kappa shape index (κ2) is 10.5. The largest absolute Gasteiger partial charge is 0.499 e. The fourth-order valence-corrected chi connectivity index (χ4v) is 5.55. The van der Waals surface area contributed by atoms with Gasteiger partial charge in [-0.1, -0.05) is 53.5 Å². The standard InChI is InChI=1S/C25H24N4O4S2/c1-16-4-2-3-5-17(16)14-18(15-33-13-10-29-8-11-32-12-9-29)23(30)28-24-26-19-6-7-20-21(22(19)35-24)27-25(31)34-20/h2-7,14-15H,1,8-13H2,(H,27,31)(H,26,28,30)/b17-14-,18-15-. The molecule has 0 spiro atoms. The van der Waals surface area contributed by atoms with Crippen LogP contribution in [0, 0.1) is 0 Å². The summed E-state index contributed by atoms with van der Waals surface area (Å²) in [5, 5.41) is 4.97. The molecule has 2 N–H and O–H groups in total. The van der Waals surface area contributed by atoms with Crippen LogP contribution in [0.4, 0.5) is 5.13 Å². The van der Waals surface area contributed by atoms with Gasteiger partial charge in [-0.2, -0.15) is 0 Å². The number of thiazole rings is 2. The molecule has 4 aromatic rings. The monoisotopic (exact) mass is 508 g/mol. The molecular weight excluding hydrogens is 484 g/mol. The summed E-state index contributed by atoms with van der Waals surface area (Å²) in [5.41, 5.74) is 1.82. The van der Waals surface area contributed by atoms with Gasteiger partial charge in [0.25, 0.3) is 5.91 Å².